The van der Waals surface area contributed by atoms with Crippen LogP contribution in [0.1, 0.15) is 24.8 Å². The molecule has 2 saturated heterocycles. The van der Waals surface area contributed by atoms with E-state index in [1.54, 1.807) is 23.5 Å². The number of sulfonamides is 1. The highest BCUT2D eigenvalue weighted by Crippen LogP contribution is 2.30. The predicted octanol–water partition coefficient (Wildman–Crippen LogP) is 1.87. The molecule has 0 amide bonds. The Kier molecular flexibility index (Phi) is 5.06. The van der Waals surface area contributed by atoms with Gasteiger partial charge in [-0.25, -0.2) is 8.42 Å². The monoisotopic (exact) mass is 338 g/mol. The topological polar surface area (TPSA) is 49.9 Å². The summed E-state index contributed by atoms with van der Waals surface area (Å²) in [6, 6.07) is 7.99. The molecular weight excluding hydrogens is 312 g/mol. The van der Waals surface area contributed by atoms with Crippen molar-refractivity contribution >= 4 is 10.0 Å². The number of hydrogen-bond acceptors (Lipinski definition) is 4. The first-order chi connectivity index (χ1) is 11.0. The maximum Gasteiger partial charge on any atom is 0.243 e. The summed E-state index contributed by atoms with van der Waals surface area (Å²) in [5.74, 6) is 0. The molecule has 23 heavy (non-hydrogen) atoms. The van der Waals surface area contributed by atoms with Crippen LogP contribution in [-0.2, 0) is 14.8 Å². The summed E-state index contributed by atoms with van der Waals surface area (Å²) in [5.41, 5.74) is 0.976. The smallest absolute Gasteiger partial charge is 0.243 e. The fourth-order valence-corrected chi connectivity index (χ4v) is 5.32. The van der Waals surface area contributed by atoms with E-state index in [2.05, 4.69) is 4.90 Å². The molecule has 1 aromatic carbocycles. The van der Waals surface area contributed by atoms with E-state index in [9.17, 15) is 8.42 Å². The standard InChI is InChI=1S/C17H26N2O3S/c1-14-6-5-7-17(10-14)23(20,21)18-8-3-4-9-19-15(12-18)11-16(19)13-22-2/h5-7,10,15-16H,3-4,8-9,11-13H2,1-2H3/t15-,16+/m1/s1. The number of benzene rings is 1. The Bertz CT molecular complexity index is 647. The molecule has 0 radical (unpaired) electrons. The highest BCUT2D eigenvalue weighted by molar-refractivity contribution is 7.89. The normalized spacial score (nSPS) is 26.9. The fourth-order valence-electron chi connectivity index (χ4n) is 3.70. The van der Waals surface area contributed by atoms with Gasteiger partial charge in [0.1, 0.15) is 0 Å². The molecule has 1 aromatic rings. The summed E-state index contributed by atoms with van der Waals surface area (Å²) in [5, 5.41) is 0. The van der Waals surface area contributed by atoms with Crippen LogP contribution in [0.25, 0.3) is 0 Å². The van der Waals surface area contributed by atoms with E-state index in [0.29, 0.717) is 30.1 Å². The van der Waals surface area contributed by atoms with Crippen LogP contribution in [0.15, 0.2) is 29.2 Å². The van der Waals surface area contributed by atoms with Gasteiger partial charge in [-0.15, -0.1) is 0 Å². The molecular formula is C17H26N2O3S. The van der Waals surface area contributed by atoms with Crippen LogP contribution in [0.5, 0.6) is 0 Å². The van der Waals surface area contributed by atoms with Gasteiger partial charge in [-0.2, -0.15) is 4.31 Å². The van der Waals surface area contributed by atoms with E-state index < -0.39 is 10.0 Å². The molecule has 2 fully saturated rings. The number of nitrogens with zero attached hydrogens (tertiary/aromatic N) is 2. The van der Waals surface area contributed by atoms with Gasteiger partial charge in [0.15, 0.2) is 0 Å². The van der Waals surface area contributed by atoms with Crippen LogP contribution >= 0.6 is 0 Å². The first-order valence-corrected chi connectivity index (χ1v) is 9.78. The molecule has 2 aliphatic heterocycles. The minimum Gasteiger partial charge on any atom is -0.383 e. The largest absolute Gasteiger partial charge is 0.383 e. The Morgan fingerprint density at radius 2 is 2.04 bits per heavy atom. The van der Waals surface area contributed by atoms with Gasteiger partial charge < -0.3 is 4.74 Å². The lowest BCUT2D eigenvalue weighted by molar-refractivity contribution is -0.0402. The Hall–Kier alpha value is -0.950. The second-order valence-corrected chi connectivity index (χ2v) is 8.56. The Balaban J connectivity index is 1.77. The van der Waals surface area contributed by atoms with Gasteiger partial charge in [0, 0.05) is 32.3 Å². The van der Waals surface area contributed by atoms with Crippen molar-refractivity contribution in [3.63, 3.8) is 0 Å². The van der Waals surface area contributed by atoms with Crippen LogP contribution in [0.3, 0.4) is 0 Å². The van der Waals surface area contributed by atoms with Crippen molar-refractivity contribution in [2.75, 3.05) is 33.4 Å². The van der Waals surface area contributed by atoms with Gasteiger partial charge >= 0.3 is 0 Å². The van der Waals surface area contributed by atoms with Crippen LogP contribution in [0, 0.1) is 6.92 Å². The molecule has 2 heterocycles. The molecule has 5 nitrogen and oxygen atoms in total. The van der Waals surface area contributed by atoms with Crippen molar-refractivity contribution in [1.82, 2.24) is 9.21 Å². The van der Waals surface area contributed by atoms with E-state index in [1.807, 2.05) is 19.1 Å². The first-order valence-electron chi connectivity index (χ1n) is 8.34. The third-order valence-electron chi connectivity index (χ3n) is 4.96. The van der Waals surface area contributed by atoms with Crippen LogP contribution in [0.2, 0.25) is 0 Å². The lowest BCUT2D eigenvalue weighted by Crippen LogP contribution is -2.62. The zero-order chi connectivity index (χ0) is 16.4. The van der Waals surface area contributed by atoms with Gasteiger partial charge in [0.05, 0.1) is 11.5 Å². The molecule has 0 saturated carbocycles. The van der Waals surface area contributed by atoms with Gasteiger partial charge in [-0.05, 0) is 50.4 Å². The van der Waals surface area contributed by atoms with Gasteiger partial charge in [-0.3, -0.25) is 4.90 Å². The van der Waals surface area contributed by atoms with Crippen molar-refractivity contribution in [2.24, 2.45) is 0 Å². The quantitative estimate of drug-likeness (QED) is 0.841. The minimum atomic E-state index is -3.40. The molecule has 0 bridgehead atoms. The SMILES string of the molecule is COC[C@@H]1C[C@@H]2CN(S(=O)(=O)c3cccc(C)c3)CCCCN12. The van der Waals surface area contributed by atoms with E-state index in [-0.39, 0.29) is 0 Å². The van der Waals surface area contributed by atoms with Gasteiger partial charge in [0.2, 0.25) is 10.0 Å². The number of fused-ring (bicyclic) bond motifs is 1. The number of ether oxygens (including phenoxy) is 1. The van der Waals surface area contributed by atoms with Crippen molar-refractivity contribution in [3.05, 3.63) is 29.8 Å². The summed E-state index contributed by atoms with van der Waals surface area (Å²) >= 11 is 0. The predicted molar refractivity (Wildman–Crippen MR) is 89.9 cm³/mol. The molecule has 0 aromatic heterocycles. The zero-order valence-corrected chi connectivity index (χ0v) is 14.8. The number of methoxy groups -OCH3 is 1. The first kappa shape index (κ1) is 16.9. The highest BCUT2D eigenvalue weighted by atomic mass is 32.2. The molecule has 0 aliphatic carbocycles. The molecule has 3 rings (SSSR count). The zero-order valence-electron chi connectivity index (χ0n) is 13.9. The molecule has 0 N–H and O–H groups in total. The van der Waals surface area contributed by atoms with E-state index in [0.717, 1.165) is 38.0 Å². The molecule has 128 valence electrons. The van der Waals surface area contributed by atoms with E-state index in [1.165, 1.54) is 0 Å². The summed E-state index contributed by atoms with van der Waals surface area (Å²) in [4.78, 5) is 2.83. The third-order valence-corrected chi connectivity index (χ3v) is 6.82. The summed E-state index contributed by atoms with van der Waals surface area (Å²) < 4.78 is 32.9. The maximum atomic E-state index is 13.0. The van der Waals surface area contributed by atoms with Gasteiger partial charge in [-0.1, -0.05) is 12.1 Å². The highest BCUT2D eigenvalue weighted by Gasteiger charge is 2.41. The second kappa shape index (κ2) is 6.89. The van der Waals surface area contributed by atoms with Crippen LogP contribution in [-0.4, -0.2) is 63.1 Å². The van der Waals surface area contributed by atoms with Crippen molar-refractivity contribution in [2.45, 2.75) is 43.2 Å². The van der Waals surface area contributed by atoms with Crippen molar-refractivity contribution in [1.29, 1.82) is 0 Å². The lowest BCUT2D eigenvalue weighted by Gasteiger charge is -2.51. The number of rotatable bonds is 4. The Morgan fingerprint density at radius 3 is 2.78 bits per heavy atom. The molecule has 0 spiro atoms. The molecule has 2 aliphatic rings. The van der Waals surface area contributed by atoms with Crippen LogP contribution < -0.4 is 0 Å². The average Bonchev–Trinajstić information content (AvgIpc) is 2.49. The molecule has 0 unspecified atom stereocenters. The number of aryl methyl sites for hydroxylation is 1. The number of hydrogen-bond donors (Lipinski definition) is 0. The van der Waals surface area contributed by atoms with Gasteiger partial charge in [0.25, 0.3) is 0 Å². The summed E-state index contributed by atoms with van der Waals surface area (Å²) in [7, 11) is -1.67. The minimum absolute atomic E-state index is 0.329. The van der Waals surface area contributed by atoms with E-state index >= 15 is 0 Å². The van der Waals surface area contributed by atoms with Crippen LogP contribution in [0.4, 0.5) is 0 Å². The summed E-state index contributed by atoms with van der Waals surface area (Å²) in [6.45, 7) is 4.93. The third kappa shape index (κ3) is 3.45. The molecule has 2 atom stereocenters. The Labute approximate surface area is 139 Å². The second-order valence-electron chi connectivity index (χ2n) is 6.62. The lowest BCUT2D eigenvalue weighted by atomic mass is 9.91. The van der Waals surface area contributed by atoms with E-state index in [4.69, 9.17) is 4.74 Å². The Morgan fingerprint density at radius 1 is 1.26 bits per heavy atom. The molecule has 6 heteroatoms. The summed E-state index contributed by atoms with van der Waals surface area (Å²) in [6.07, 6.45) is 2.97. The maximum absolute atomic E-state index is 13.0. The average molecular weight is 338 g/mol. The van der Waals surface area contributed by atoms with Crippen molar-refractivity contribution < 1.29 is 13.2 Å². The fraction of sp³-hybridized carbons (Fsp3) is 0.647. The van der Waals surface area contributed by atoms with Crippen molar-refractivity contribution in [3.8, 4) is 0 Å².